The monoisotopic (exact) mass is 309 g/mol. The van der Waals surface area contributed by atoms with Crippen molar-refractivity contribution >= 4 is 34.6 Å². The summed E-state index contributed by atoms with van der Waals surface area (Å²) in [5, 5.41) is 5.52. The number of carbonyl (C=O) groups is 1. The number of nitrogens with one attached hydrogen (secondary N) is 1. The minimum absolute atomic E-state index is 0.321. The van der Waals surface area contributed by atoms with Gasteiger partial charge in [-0.2, -0.15) is 5.10 Å². The summed E-state index contributed by atoms with van der Waals surface area (Å²) in [5.74, 6) is -0.357. The maximum atomic E-state index is 12.0. The van der Waals surface area contributed by atoms with Crippen LogP contribution < -0.4 is 5.43 Å². The Morgan fingerprint density at radius 1 is 1.09 bits per heavy atom. The van der Waals surface area contributed by atoms with Crippen molar-refractivity contribution in [3.8, 4) is 0 Å². The topological polar surface area (TPSA) is 54.4 Å². The third-order valence-electron chi connectivity index (χ3n) is 3.06. The van der Waals surface area contributed by atoms with Crippen molar-refractivity contribution in [2.75, 3.05) is 0 Å². The van der Waals surface area contributed by atoms with Gasteiger partial charge < -0.3 is 0 Å². The first-order valence-corrected chi connectivity index (χ1v) is 7.05. The molecule has 0 aliphatic rings. The van der Waals surface area contributed by atoms with Gasteiger partial charge in [-0.25, -0.2) is 10.4 Å². The number of amides is 1. The number of pyridine rings is 1. The van der Waals surface area contributed by atoms with Gasteiger partial charge in [-0.15, -0.1) is 0 Å². The highest BCUT2D eigenvalue weighted by molar-refractivity contribution is 6.30. The minimum atomic E-state index is -0.357. The summed E-state index contributed by atoms with van der Waals surface area (Å²) < 4.78 is 0. The number of hydrazone groups is 1. The van der Waals surface area contributed by atoms with Crippen molar-refractivity contribution in [2.45, 2.75) is 0 Å². The molecular weight excluding hydrogens is 298 g/mol. The van der Waals surface area contributed by atoms with E-state index < -0.39 is 0 Å². The summed E-state index contributed by atoms with van der Waals surface area (Å²) in [6.45, 7) is 0. The maximum Gasteiger partial charge on any atom is 0.289 e. The van der Waals surface area contributed by atoms with Gasteiger partial charge in [0.2, 0.25) is 0 Å². The van der Waals surface area contributed by atoms with E-state index in [0.29, 0.717) is 10.7 Å². The Kier molecular flexibility index (Phi) is 4.12. The predicted octanol–water partition coefficient (Wildman–Crippen LogP) is 3.65. The van der Waals surface area contributed by atoms with Gasteiger partial charge in [0, 0.05) is 10.4 Å². The molecule has 1 aromatic heterocycles. The van der Waals surface area contributed by atoms with Crippen molar-refractivity contribution in [3.05, 3.63) is 76.9 Å². The van der Waals surface area contributed by atoms with Gasteiger partial charge in [-0.1, -0.05) is 48.0 Å². The first-order valence-electron chi connectivity index (χ1n) is 6.67. The summed E-state index contributed by atoms with van der Waals surface area (Å²) in [4.78, 5) is 16.3. The van der Waals surface area contributed by atoms with E-state index in [4.69, 9.17) is 11.6 Å². The third-order valence-corrected chi connectivity index (χ3v) is 3.29. The highest BCUT2D eigenvalue weighted by Gasteiger charge is 2.06. The number of carbonyl (C=O) groups excluding carboxylic acids is 1. The Labute approximate surface area is 132 Å². The van der Waals surface area contributed by atoms with Gasteiger partial charge >= 0.3 is 0 Å². The molecule has 4 nitrogen and oxygen atoms in total. The second kappa shape index (κ2) is 6.37. The predicted molar refractivity (Wildman–Crippen MR) is 88.3 cm³/mol. The molecule has 0 fully saturated rings. The zero-order valence-corrected chi connectivity index (χ0v) is 12.3. The van der Waals surface area contributed by atoms with Gasteiger partial charge in [-0.3, -0.25) is 4.79 Å². The molecule has 0 unspecified atom stereocenters. The summed E-state index contributed by atoms with van der Waals surface area (Å²) in [6.07, 6.45) is 1.53. The van der Waals surface area contributed by atoms with Gasteiger partial charge in [0.05, 0.1) is 11.7 Å². The van der Waals surface area contributed by atoms with Crippen molar-refractivity contribution in [2.24, 2.45) is 5.10 Å². The number of aromatic nitrogens is 1. The number of rotatable bonds is 3. The van der Waals surface area contributed by atoms with E-state index in [1.807, 2.05) is 42.5 Å². The number of benzene rings is 2. The quantitative estimate of drug-likeness (QED) is 0.593. The molecule has 0 radical (unpaired) electrons. The van der Waals surface area contributed by atoms with Crippen molar-refractivity contribution in [1.29, 1.82) is 0 Å². The number of fused-ring (bicyclic) bond motifs is 1. The molecule has 0 spiro atoms. The molecule has 1 N–H and O–H groups in total. The fourth-order valence-corrected chi connectivity index (χ4v) is 2.20. The van der Waals surface area contributed by atoms with E-state index in [1.54, 1.807) is 18.2 Å². The molecule has 0 atom stereocenters. The molecule has 0 aliphatic heterocycles. The molecule has 22 heavy (non-hydrogen) atoms. The Bertz CT molecular complexity index is 861. The zero-order valence-electron chi connectivity index (χ0n) is 11.5. The number of hydrogen-bond acceptors (Lipinski definition) is 3. The largest absolute Gasteiger partial charge is 0.289 e. The molecule has 0 saturated heterocycles. The second-order valence-electron chi connectivity index (χ2n) is 4.64. The highest BCUT2D eigenvalue weighted by atomic mass is 35.5. The average molecular weight is 310 g/mol. The summed E-state index contributed by atoms with van der Waals surface area (Å²) >= 11 is 5.88. The van der Waals surface area contributed by atoms with E-state index in [0.717, 1.165) is 16.5 Å². The molecule has 0 aliphatic carbocycles. The van der Waals surface area contributed by atoms with Gasteiger partial charge in [0.15, 0.2) is 0 Å². The molecule has 3 aromatic rings. The van der Waals surface area contributed by atoms with Gasteiger partial charge in [0.25, 0.3) is 5.91 Å². The Morgan fingerprint density at radius 3 is 2.82 bits per heavy atom. The number of nitrogens with zero attached hydrogens (tertiary/aromatic N) is 2. The molecule has 2 aromatic carbocycles. The SMILES string of the molecule is O=C(NN=Cc1cccc(Cl)c1)c1ccc2ccccc2n1. The maximum absolute atomic E-state index is 12.0. The summed E-state index contributed by atoms with van der Waals surface area (Å²) in [6, 6.07) is 18.3. The van der Waals surface area contributed by atoms with E-state index >= 15 is 0 Å². The van der Waals surface area contributed by atoms with Gasteiger partial charge in [0.1, 0.15) is 5.69 Å². The van der Waals surface area contributed by atoms with Crippen LogP contribution in [0.25, 0.3) is 10.9 Å². The van der Waals surface area contributed by atoms with Crippen LogP contribution in [0.1, 0.15) is 16.1 Å². The lowest BCUT2D eigenvalue weighted by Crippen LogP contribution is -2.18. The van der Waals surface area contributed by atoms with E-state index in [9.17, 15) is 4.79 Å². The number of para-hydroxylation sites is 1. The lowest BCUT2D eigenvalue weighted by atomic mass is 10.2. The van der Waals surface area contributed by atoms with Crippen LogP contribution in [0.2, 0.25) is 5.02 Å². The van der Waals surface area contributed by atoms with Gasteiger partial charge in [-0.05, 0) is 29.8 Å². The molecule has 108 valence electrons. The van der Waals surface area contributed by atoms with Crippen molar-refractivity contribution < 1.29 is 4.79 Å². The highest BCUT2D eigenvalue weighted by Crippen LogP contribution is 2.12. The van der Waals surface area contributed by atoms with Crippen LogP contribution in [0.5, 0.6) is 0 Å². The molecular formula is C17H12ClN3O. The van der Waals surface area contributed by atoms with Crippen molar-refractivity contribution in [1.82, 2.24) is 10.4 Å². The van der Waals surface area contributed by atoms with Crippen LogP contribution in [0.4, 0.5) is 0 Å². The summed E-state index contributed by atoms with van der Waals surface area (Å²) in [7, 11) is 0. The molecule has 1 amide bonds. The number of hydrogen-bond donors (Lipinski definition) is 1. The number of halogens is 1. The standard InChI is InChI=1S/C17H12ClN3O/c18-14-6-3-4-12(10-14)11-19-21-17(22)16-9-8-13-5-1-2-7-15(13)20-16/h1-11H,(H,21,22). The Morgan fingerprint density at radius 2 is 1.95 bits per heavy atom. The smallest absolute Gasteiger partial charge is 0.266 e. The Balaban J connectivity index is 1.73. The van der Waals surface area contributed by atoms with Crippen LogP contribution in [0.15, 0.2) is 65.8 Å². The molecule has 0 saturated carbocycles. The fraction of sp³-hybridized carbons (Fsp3) is 0. The molecule has 0 bridgehead atoms. The summed E-state index contributed by atoms with van der Waals surface area (Å²) in [5.41, 5.74) is 4.35. The van der Waals surface area contributed by atoms with Crippen LogP contribution in [-0.4, -0.2) is 17.1 Å². The van der Waals surface area contributed by atoms with Crippen LogP contribution in [-0.2, 0) is 0 Å². The lowest BCUT2D eigenvalue weighted by molar-refractivity contribution is 0.0950. The van der Waals surface area contributed by atoms with Crippen LogP contribution in [0, 0.1) is 0 Å². The minimum Gasteiger partial charge on any atom is -0.266 e. The molecule has 1 heterocycles. The van der Waals surface area contributed by atoms with Crippen LogP contribution >= 0.6 is 11.6 Å². The third kappa shape index (κ3) is 3.30. The lowest BCUT2D eigenvalue weighted by Gasteiger charge is -2.01. The first-order chi connectivity index (χ1) is 10.7. The molecule has 5 heteroatoms. The van der Waals surface area contributed by atoms with Crippen molar-refractivity contribution in [3.63, 3.8) is 0 Å². The molecule has 3 rings (SSSR count). The first kappa shape index (κ1) is 14.2. The zero-order chi connectivity index (χ0) is 15.4. The van der Waals surface area contributed by atoms with E-state index in [2.05, 4.69) is 15.5 Å². The van der Waals surface area contributed by atoms with Crippen LogP contribution in [0.3, 0.4) is 0 Å². The van der Waals surface area contributed by atoms with E-state index in [1.165, 1.54) is 6.21 Å². The average Bonchev–Trinajstić information content (AvgIpc) is 2.54. The normalized spacial score (nSPS) is 11.0. The Hall–Kier alpha value is -2.72. The second-order valence-corrected chi connectivity index (χ2v) is 5.08. The fourth-order valence-electron chi connectivity index (χ4n) is 2.00. The van der Waals surface area contributed by atoms with E-state index in [-0.39, 0.29) is 5.91 Å².